The first kappa shape index (κ1) is 20.6. The van der Waals surface area contributed by atoms with Crippen molar-refractivity contribution in [3.05, 3.63) is 41.9 Å². The Morgan fingerprint density at radius 1 is 1.23 bits per heavy atom. The van der Waals surface area contributed by atoms with Crippen LogP contribution in [0.25, 0.3) is 0 Å². The number of morpholine rings is 1. The predicted molar refractivity (Wildman–Crippen MR) is 119 cm³/mol. The Balaban J connectivity index is 1.77. The molecule has 2 aliphatic heterocycles. The fourth-order valence-corrected chi connectivity index (χ4v) is 4.74. The molecule has 3 atom stereocenters. The number of aryl methyl sites for hydroxylation is 1. The van der Waals surface area contributed by atoms with Crippen molar-refractivity contribution in [1.82, 2.24) is 9.97 Å². The fraction of sp³-hybridized carbons (Fsp3) is 0.522. The number of rotatable bonds is 4. The molecular weight excluding hydrogens is 378 g/mol. The summed E-state index contributed by atoms with van der Waals surface area (Å²) in [6.45, 7) is 11.2. The van der Waals surface area contributed by atoms with Crippen LogP contribution in [-0.2, 0) is 9.53 Å². The first-order chi connectivity index (χ1) is 14.5. The molecule has 1 unspecified atom stereocenters. The highest BCUT2D eigenvalue weighted by atomic mass is 16.5. The number of carbonyl (C=O) groups excluding carboxylic acids is 1. The van der Waals surface area contributed by atoms with E-state index in [-0.39, 0.29) is 23.9 Å². The minimum absolute atomic E-state index is 0.0403. The molecule has 1 aromatic carbocycles. The lowest BCUT2D eigenvalue weighted by Gasteiger charge is -2.45. The number of hydrogen-bond acceptors (Lipinski definition) is 6. The monoisotopic (exact) mass is 409 g/mol. The van der Waals surface area contributed by atoms with E-state index >= 15 is 0 Å². The van der Waals surface area contributed by atoms with E-state index in [0.717, 1.165) is 55.5 Å². The van der Waals surface area contributed by atoms with Gasteiger partial charge in [-0.3, -0.25) is 9.78 Å². The van der Waals surface area contributed by atoms with Crippen molar-refractivity contribution in [1.29, 1.82) is 0 Å². The maximum atomic E-state index is 12.6. The number of hydrogen-bond donors (Lipinski definition) is 1. The molecule has 1 aromatic heterocycles. The number of aromatic nitrogens is 2. The molecule has 3 heterocycles. The van der Waals surface area contributed by atoms with Crippen molar-refractivity contribution in [3.8, 4) is 0 Å². The standard InChI is InChI=1S/C23H31N5O2/c1-5-20-16(3)23(26-22-14-24-15(2)13-25-22)19-12-18(27-8-10-30-11-9-27)6-7-21(19)28(20)17(4)29/h6-7,12-14,16,20,23H,5,8-11H2,1-4H3,(H,25,26)/t16-,20-,23?/m0/s1. The molecule has 2 aromatic rings. The average molecular weight is 410 g/mol. The third kappa shape index (κ3) is 3.86. The van der Waals surface area contributed by atoms with Gasteiger partial charge in [-0.2, -0.15) is 0 Å². The number of nitrogens with zero attached hydrogens (tertiary/aromatic N) is 4. The molecule has 0 spiro atoms. The maximum absolute atomic E-state index is 12.6. The third-order valence-corrected chi connectivity index (χ3v) is 6.29. The van der Waals surface area contributed by atoms with Crippen molar-refractivity contribution in [2.24, 2.45) is 5.92 Å². The van der Waals surface area contributed by atoms with Crippen LogP contribution in [0.2, 0.25) is 0 Å². The molecular formula is C23H31N5O2. The van der Waals surface area contributed by atoms with Crippen molar-refractivity contribution < 1.29 is 9.53 Å². The smallest absolute Gasteiger partial charge is 0.224 e. The van der Waals surface area contributed by atoms with Gasteiger partial charge in [-0.15, -0.1) is 0 Å². The Morgan fingerprint density at radius 3 is 2.63 bits per heavy atom. The van der Waals surface area contributed by atoms with Gasteiger partial charge in [0.05, 0.1) is 37.3 Å². The lowest BCUT2D eigenvalue weighted by atomic mass is 9.80. The van der Waals surface area contributed by atoms with E-state index in [0.29, 0.717) is 0 Å². The highest BCUT2D eigenvalue weighted by Gasteiger charge is 2.40. The summed E-state index contributed by atoms with van der Waals surface area (Å²) in [5, 5.41) is 3.61. The van der Waals surface area contributed by atoms with Gasteiger partial charge in [-0.1, -0.05) is 13.8 Å². The summed E-state index contributed by atoms with van der Waals surface area (Å²) >= 11 is 0. The average Bonchev–Trinajstić information content (AvgIpc) is 2.76. The van der Waals surface area contributed by atoms with Crippen LogP contribution in [0.15, 0.2) is 30.6 Å². The second kappa shape index (κ2) is 8.60. The summed E-state index contributed by atoms with van der Waals surface area (Å²) in [5.41, 5.74) is 4.18. The van der Waals surface area contributed by atoms with Gasteiger partial charge >= 0.3 is 0 Å². The SMILES string of the molecule is CC[C@H]1[C@H](C)C(Nc2cnc(C)cn2)c2cc(N3CCOCC3)ccc2N1C(C)=O. The summed E-state index contributed by atoms with van der Waals surface area (Å²) in [7, 11) is 0. The predicted octanol–water partition coefficient (Wildman–Crippen LogP) is 3.56. The molecule has 7 nitrogen and oxygen atoms in total. The minimum Gasteiger partial charge on any atom is -0.378 e. The molecule has 7 heteroatoms. The summed E-state index contributed by atoms with van der Waals surface area (Å²) < 4.78 is 5.52. The van der Waals surface area contributed by atoms with E-state index in [4.69, 9.17) is 4.74 Å². The second-order valence-electron chi connectivity index (χ2n) is 8.23. The molecule has 0 radical (unpaired) electrons. The van der Waals surface area contributed by atoms with Gasteiger partial charge in [-0.05, 0) is 31.5 Å². The lowest BCUT2D eigenvalue weighted by Crippen LogP contribution is -2.49. The van der Waals surface area contributed by atoms with Gasteiger partial charge < -0.3 is 19.9 Å². The number of carbonyl (C=O) groups is 1. The van der Waals surface area contributed by atoms with Crippen LogP contribution in [0.1, 0.15) is 44.5 Å². The molecule has 0 saturated carbocycles. The largest absolute Gasteiger partial charge is 0.378 e. The summed E-state index contributed by atoms with van der Waals surface area (Å²) in [6.07, 6.45) is 4.45. The van der Waals surface area contributed by atoms with Crippen LogP contribution < -0.4 is 15.1 Å². The number of ether oxygens (including phenoxy) is 1. The minimum atomic E-state index is 0.0403. The zero-order valence-electron chi connectivity index (χ0n) is 18.3. The van der Waals surface area contributed by atoms with Crippen LogP contribution >= 0.6 is 0 Å². The van der Waals surface area contributed by atoms with E-state index in [2.05, 4.69) is 52.2 Å². The first-order valence-electron chi connectivity index (χ1n) is 10.8. The Labute approximate surface area is 178 Å². The van der Waals surface area contributed by atoms with Crippen molar-refractivity contribution in [2.75, 3.05) is 41.4 Å². The van der Waals surface area contributed by atoms with Gasteiger partial charge in [0.25, 0.3) is 0 Å². The number of nitrogens with one attached hydrogen (secondary N) is 1. The van der Waals surface area contributed by atoms with Crippen molar-refractivity contribution in [2.45, 2.75) is 46.2 Å². The number of anilines is 3. The number of benzene rings is 1. The summed E-state index contributed by atoms with van der Waals surface area (Å²) in [4.78, 5) is 25.8. The van der Waals surface area contributed by atoms with E-state index in [1.807, 2.05) is 11.8 Å². The van der Waals surface area contributed by atoms with Crippen molar-refractivity contribution in [3.63, 3.8) is 0 Å². The lowest BCUT2D eigenvalue weighted by molar-refractivity contribution is -0.117. The highest BCUT2D eigenvalue weighted by Crippen LogP contribution is 2.44. The molecule has 0 aliphatic carbocycles. The van der Waals surface area contributed by atoms with Gasteiger partial charge in [0.2, 0.25) is 5.91 Å². The quantitative estimate of drug-likeness (QED) is 0.833. The zero-order valence-corrected chi connectivity index (χ0v) is 18.3. The molecule has 30 heavy (non-hydrogen) atoms. The van der Waals surface area contributed by atoms with Crippen LogP contribution in [-0.4, -0.2) is 48.2 Å². The molecule has 1 fully saturated rings. The van der Waals surface area contributed by atoms with Gasteiger partial charge in [0.15, 0.2) is 0 Å². The van der Waals surface area contributed by atoms with Gasteiger partial charge in [-0.25, -0.2) is 4.98 Å². The molecule has 1 amide bonds. The molecule has 2 aliphatic rings. The van der Waals surface area contributed by atoms with Crippen LogP contribution in [0.5, 0.6) is 0 Å². The normalized spacial score (nSPS) is 23.8. The Morgan fingerprint density at radius 2 is 2.00 bits per heavy atom. The first-order valence-corrected chi connectivity index (χ1v) is 10.8. The molecule has 4 rings (SSSR count). The topological polar surface area (TPSA) is 70.6 Å². The van der Waals surface area contributed by atoms with E-state index in [1.165, 1.54) is 5.69 Å². The highest BCUT2D eigenvalue weighted by molar-refractivity contribution is 5.94. The third-order valence-electron chi connectivity index (χ3n) is 6.29. The van der Waals surface area contributed by atoms with Gasteiger partial charge in [0.1, 0.15) is 5.82 Å². The fourth-order valence-electron chi connectivity index (χ4n) is 4.74. The van der Waals surface area contributed by atoms with Crippen molar-refractivity contribution >= 4 is 23.1 Å². The van der Waals surface area contributed by atoms with Crippen LogP contribution in [0.3, 0.4) is 0 Å². The Kier molecular flexibility index (Phi) is 5.90. The summed E-state index contributed by atoms with van der Waals surface area (Å²) in [5.74, 6) is 1.06. The Hall–Kier alpha value is -2.67. The maximum Gasteiger partial charge on any atom is 0.224 e. The molecule has 1 saturated heterocycles. The molecule has 160 valence electrons. The Bertz CT molecular complexity index is 895. The second-order valence-corrected chi connectivity index (χ2v) is 8.23. The number of amides is 1. The summed E-state index contributed by atoms with van der Waals surface area (Å²) in [6, 6.07) is 6.63. The molecule has 1 N–H and O–H groups in total. The molecule has 0 bridgehead atoms. The van der Waals surface area contributed by atoms with Crippen LogP contribution in [0, 0.1) is 12.8 Å². The zero-order chi connectivity index (χ0) is 21.3. The number of fused-ring (bicyclic) bond motifs is 1. The van der Waals surface area contributed by atoms with E-state index < -0.39 is 0 Å². The van der Waals surface area contributed by atoms with E-state index in [9.17, 15) is 4.79 Å². The van der Waals surface area contributed by atoms with Gasteiger partial charge in [0, 0.05) is 48.9 Å². The van der Waals surface area contributed by atoms with Crippen LogP contribution in [0.4, 0.5) is 17.2 Å². The van der Waals surface area contributed by atoms with E-state index in [1.54, 1.807) is 19.3 Å².